The molecule has 88 valence electrons. The molecular formula is C13H17BrOS. The van der Waals surface area contributed by atoms with E-state index in [9.17, 15) is 0 Å². The van der Waals surface area contributed by atoms with E-state index in [2.05, 4.69) is 60.7 Å². The number of benzene rings is 1. The molecule has 1 nitrogen and oxygen atoms in total. The second kappa shape index (κ2) is 3.95. The lowest BCUT2D eigenvalue weighted by atomic mass is 9.74. The molecule has 0 saturated carbocycles. The third kappa shape index (κ3) is 2.25. The minimum absolute atomic E-state index is 0.0699. The fraction of sp³-hybridized carbons (Fsp3) is 0.538. The predicted octanol–water partition coefficient (Wildman–Crippen LogP) is 4.93. The van der Waals surface area contributed by atoms with Crippen molar-refractivity contribution in [2.24, 2.45) is 0 Å². The van der Waals surface area contributed by atoms with Gasteiger partial charge in [0.2, 0.25) is 0 Å². The molecule has 0 amide bonds. The van der Waals surface area contributed by atoms with Crippen molar-refractivity contribution in [2.75, 3.05) is 0 Å². The Balaban J connectivity index is 2.51. The van der Waals surface area contributed by atoms with Gasteiger partial charge in [-0.2, -0.15) is 0 Å². The zero-order valence-electron chi connectivity index (χ0n) is 10.1. The van der Waals surface area contributed by atoms with Gasteiger partial charge in [0.25, 0.3) is 0 Å². The molecule has 0 fully saturated rings. The van der Waals surface area contributed by atoms with Crippen molar-refractivity contribution < 1.29 is 4.74 Å². The Kier molecular flexibility index (Phi) is 3.04. The van der Waals surface area contributed by atoms with Crippen molar-refractivity contribution in [1.29, 1.82) is 0 Å². The number of ether oxygens (including phenoxy) is 1. The van der Waals surface area contributed by atoms with Gasteiger partial charge >= 0.3 is 0 Å². The molecule has 0 atom stereocenters. The van der Waals surface area contributed by atoms with Gasteiger partial charge in [0.05, 0.1) is 0 Å². The van der Waals surface area contributed by atoms with Crippen molar-refractivity contribution in [3.8, 4) is 5.75 Å². The van der Waals surface area contributed by atoms with Crippen LogP contribution in [0.4, 0.5) is 0 Å². The first-order valence-electron chi connectivity index (χ1n) is 5.46. The monoisotopic (exact) mass is 300 g/mol. The average Bonchev–Trinajstić information content (AvgIpc) is 2.14. The van der Waals surface area contributed by atoms with Crippen LogP contribution in [0.15, 0.2) is 23.1 Å². The van der Waals surface area contributed by atoms with Gasteiger partial charge in [-0.1, -0.05) is 13.8 Å². The van der Waals surface area contributed by atoms with E-state index in [1.807, 2.05) is 0 Å². The van der Waals surface area contributed by atoms with Gasteiger partial charge in [-0.15, -0.1) is 0 Å². The summed E-state index contributed by atoms with van der Waals surface area (Å²) in [4.78, 5) is 1.23. The van der Waals surface area contributed by atoms with Crippen molar-refractivity contribution in [3.63, 3.8) is 0 Å². The summed E-state index contributed by atoms with van der Waals surface area (Å²) in [5, 5.41) is 0. The first-order chi connectivity index (χ1) is 7.34. The molecule has 0 unspecified atom stereocenters. The molecule has 1 aromatic carbocycles. The van der Waals surface area contributed by atoms with Gasteiger partial charge in [-0.3, -0.25) is 0 Å². The molecule has 0 N–H and O–H groups in total. The zero-order valence-corrected chi connectivity index (χ0v) is 12.5. The van der Waals surface area contributed by atoms with Crippen molar-refractivity contribution in [3.05, 3.63) is 23.8 Å². The van der Waals surface area contributed by atoms with Crippen LogP contribution in [0, 0.1) is 0 Å². The van der Waals surface area contributed by atoms with Crippen LogP contribution < -0.4 is 4.74 Å². The summed E-state index contributed by atoms with van der Waals surface area (Å²) in [6, 6.07) is 6.40. The predicted molar refractivity (Wildman–Crippen MR) is 73.6 cm³/mol. The molecule has 3 heteroatoms. The Morgan fingerprint density at radius 2 is 1.94 bits per heavy atom. The summed E-state index contributed by atoms with van der Waals surface area (Å²) < 4.78 is 6.03. The van der Waals surface area contributed by atoms with Crippen LogP contribution in [0.25, 0.3) is 0 Å². The van der Waals surface area contributed by atoms with Gasteiger partial charge in [0.15, 0.2) is 0 Å². The highest BCUT2D eigenvalue weighted by molar-refractivity contribution is 9.50. The Bertz CT molecular complexity index is 412. The standard InChI is InChI=1S/C13H17BrOS/c1-12(2)8-13(3,4)15-11-6-5-9(16-14)7-10(11)12/h5-7H,8H2,1-4H3. The van der Waals surface area contributed by atoms with Gasteiger partial charge in [0, 0.05) is 10.5 Å². The van der Waals surface area contributed by atoms with Gasteiger partial charge in [-0.05, 0) is 68.9 Å². The molecule has 1 aromatic rings. The molecule has 0 spiro atoms. The lowest BCUT2D eigenvalue weighted by Crippen LogP contribution is -2.41. The van der Waals surface area contributed by atoms with E-state index in [1.165, 1.54) is 10.5 Å². The van der Waals surface area contributed by atoms with Gasteiger partial charge in [-0.25, -0.2) is 0 Å². The maximum absolute atomic E-state index is 6.03. The zero-order chi connectivity index (χ0) is 12.0. The normalized spacial score (nSPS) is 21.1. The van der Waals surface area contributed by atoms with Crippen LogP contribution in [-0.2, 0) is 5.41 Å². The molecule has 0 aliphatic carbocycles. The molecule has 0 aromatic heterocycles. The van der Waals surface area contributed by atoms with Gasteiger partial charge < -0.3 is 4.74 Å². The fourth-order valence-electron chi connectivity index (χ4n) is 2.67. The summed E-state index contributed by atoms with van der Waals surface area (Å²) in [5.74, 6) is 1.03. The SMILES string of the molecule is CC1(C)CC(C)(C)c2cc(SBr)ccc2O1. The summed E-state index contributed by atoms with van der Waals surface area (Å²) in [5.41, 5.74) is 1.42. The highest BCUT2D eigenvalue weighted by atomic mass is 79.9. The minimum atomic E-state index is -0.0699. The third-order valence-corrected chi connectivity index (χ3v) is 4.58. The number of halogens is 1. The Labute approximate surface area is 109 Å². The van der Waals surface area contributed by atoms with E-state index < -0.39 is 0 Å². The van der Waals surface area contributed by atoms with E-state index in [0.29, 0.717) is 0 Å². The largest absolute Gasteiger partial charge is 0.488 e. The second-order valence-corrected chi connectivity index (χ2v) is 7.25. The maximum Gasteiger partial charge on any atom is 0.123 e. The molecule has 2 rings (SSSR count). The van der Waals surface area contributed by atoms with Crippen molar-refractivity contribution >= 4 is 25.0 Å². The number of rotatable bonds is 1. The summed E-state index contributed by atoms with van der Waals surface area (Å²) >= 11 is 3.42. The van der Waals surface area contributed by atoms with Crippen molar-refractivity contribution in [1.82, 2.24) is 0 Å². The Morgan fingerprint density at radius 3 is 2.56 bits per heavy atom. The highest BCUT2D eigenvalue weighted by Crippen LogP contribution is 2.46. The third-order valence-electron chi connectivity index (χ3n) is 3.02. The van der Waals surface area contributed by atoms with E-state index >= 15 is 0 Å². The molecule has 1 heterocycles. The number of hydrogen-bond acceptors (Lipinski definition) is 2. The van der Waals surface area contributed by atoms with Crippen LogP contribution in [-0.4, -0.2) is 5.60 Å². The molecular weight excluding hydrogens is 284 g/mol. The smallest absolute Gasteiger partial charge is 0.123 e. The lowest BCUT2D eigenvalue weighted by molar-refractivity contribution is 0.0532. The maximum atomic E-state index is 6.03. The summed E-state index contributed by atoms with van der Waals surface area (Å²) in [7, 11) is 1.60. The second-order valence-electron chi connectivity index (χ2n) is 5.66. The van der Waals surface area contributed by atoms with E-state index in [4.69, 9.17) is 4.74 Å². The van der Waals surface area contributed by atoms with Crippen LogP contribution in [0.3, 0.4) is 0 Å². The van der Waals surface area contributed by atoms with Crippen molar-refractivity contribution in [2.45, 2.75) is 50.0 Å². The molecule has 16 heavy (non-hydrogen) atoms. The molecule has 1 aliphatic heterocycles. The van der Waals surface area contributed by atoms with Crippen LogP contribution in [0.5, 0.6) is 5.75 Å². The van der Waals surface area contributed by atoms with Crippen LogP contribution >= 0.6 is 25.0 Å². The van der Waals surface area contributed by atoms with E-state index in [0.717, 1.165) is 12.2 Å². The topological polar surface area (TPSA) is 9.23 Å². The summed E-state index contributed by atoms with van der Waals surface area (Å²) in [6.07, 6.45) is 1.05. The van der Waals surface area contributed by atoms with Crippen LogP contribution in [0.2, 0.25) is 0 Å². The lowest BCUT2D eigenvalue weighted by Gasteiger charge is -2.42. The Morgan fingerprint density at radius 1 is 1.25 bits per heavy atom. The average molecular weight is 301 g/mol. The molecule has 0 radical (unpaired) electrons. The van der Waals surface area contributed by atoms with Crippen LogP contribution in [0.1, 0.15) is 39.7 Å². The number of hydrogen-bond donors (Lipinski definition) is 0. The first-order valence-corrected chi connectivity index (χ1v) is 8.12. The highest BCUT2D eigenvalue weighted by Gasteiger charge is 2.38. The fourth-order valence-corrected chi connectivity index (χ4v) is 3.55. The van der Waals surface area contributed by atoms with Gasteiger partial charge in [0.1, 0.15) is 11.4 Å². The quantitative estimate of drug-likeness (QED) is 0.727. The number of fused-ring (bicyclic) bond motifs is 1. The molecule has 1 aliphatic rings. The Hall–Kier alpha value is -0.150. The van der Waals surface area contributed by atoms with E-state index in [-0.39, 0.29) is 11.0 Å². The molecule has 0 bridgehead atoms. The molecule has 0 saturated heterocycles. The van der Waals surface area contributed by atoms with E-state index in [1.54, 1.807) is 10.2 Å². The summed E-state index contributed by atoms with van der Waals surface area (Å²) in [6.45, 7) is 8.90. The first kappa shape index (κ1) is 12.3. The minimum Gasteiger partial charge on any atom is -0.488 e.